The Balaban J connectivity index is 1.06. The van der Waals surface area contributed by atoms with Crippen LogP contribution in [0, 0.1) is 64.1 Å². The molecule has 2 aromatic carbocycles. The number of aliphatic hydroxyl groups is 3. The molecule has 0 amide bonds. The number of nitrogens with two attached hydrogens (primary N) is 1. The van der Waals surface area contributed by atoms with E-state index in [-0.39, 0.29) is 47.3 Å². The third-order valence-corrected chi connectivity index (χ3v) is 16.9. The summed E-state index contributed by atoms with van der Waals surface area (Å²) in [6.45, 7) is 0.533. The largest absolute Gasteiger partial charge is 0.390 e. The molecule has 0 radical (unpaired) electrons. The van der Waals surface area contributed by atoms with Crippen LogP contribution in [0.5, 0.6) is 0 Å². The normalized spacial score (nSPS) is 40.4. The van der Waals surface area contributed by atoms with Crippen LogP contribution in [-0.4, -0.2) is 61.1 Å². The molecule has 59 heavy (non-hydrogen) atoms. The van der Waals surface area contributed by atoms with Gasteiger partial charge < -0.3 is 36.3 Å². The lowest BCUT2D eigenvalue weighted by atomic mass is 9.42. The number of benzene rings is 2. The van der Waals surface area contributed by atoms with Gasteiger partial charge in [-0.2, -0.15) is 0 Å². The zero-order valence-corrected chi connectivity index (χ0v) is 34.0. The van der Waals surface area contributed by atoms with E-state index >= 15 is 0 Å². The first kappa shape index (κ1) is 37.4. The van der Waals surface area contributed by atoms with Gasteiger partial charge in [0.15, 0.2) is 5.96 Å². The van der Waals surface area contributed by atoms with Crippen LogP contribution >= 0.6 is 0 Å². The maximum Gasteiger partial charge on any atom is 0.189 e. The highest BCUT2D eigenvalue weighted by atomic mass is 16.3. The lowest BCUT2D eigenvalue weighted by Crippen LogP contribution is -2.59. The summed E-state index contributed by atoms with van der Waals surface area (Å²) in [6, 6.07) is 25.0. The van der Waals surface area contributed by atoms with Gasteiger partial charge in [-0.25, -0.2) is 0 Å². The molecule has 0 aliphatic heterocycles. The highest BCUT2D eigenvalue weighted by Crippen LogP contribution is 2.75. The predicted octanol–water partition coefficient (Wildman–Crippen LogP) is 7.00. The smallest absolute Gasteiger partial charge is 0.189 e. The number of para-hydroxylation sites is 1. The molecule has 13 atom stereocenters. The molecule has 8 N–H and O–H groups in total. The Morgan fingerprint density at radius 3 is 2.59 bits per heavy atom. The first-order valence-electron chi connectivity index (χ1n) is 22.5. The fraction of sp³-hybridized carbons (Fsp3) is 0.510. The number of aromatic nitrogens is 2. The van der Waals surface area contributed by atoms with Gasteiger partial charge in [-0.1, -0.05) is 84.2 Å². The highest BCUT2D eigenvalue weighted by molar-refractivity contribution is 5.80. The average Bonchev–Trinajstić information content (AvgIpc) is 4.01. The van der Waals surface area contributed by atoms with E-state index in [9.17, 15) is 15.3 Å². The van der Waals surface area contributed by atoms with Gasteiger partial charge in [-0.15, -0.1) is 0 Å². The number of allylic oxidation sites excluding steroid dienone is 3. The van der Waals surface area contributed by atoms with E-state index < -0.39 is 28.8 Å². The van der Waals surface area contributed by atoms with Gasteiger partial charge in [0, 0.05) is 53.8 Å². The fourth-order valence-corrected chi connectivity index (χ4v) is 14.8. The number of nitrogens with zero attached hydrogens (tertiary/aromatic N) is 1. The van der Waals surface area contributed by atoms with Gasteiger partial charge in [0.25, 0.3) is 0 Å². The summed E-state index contributed by atoms with van der Waals surface area (Å²) in [5.74, 6) is 8.23. The summed E-state index contributed by atoms with van der Waals surface area (Å²) in [5.41, 5.74) is 10.0. The Morgan fingerprint density at radius 2 is 1.75 bits per heavy atom. The van der Waals surface area contributed by atoms with E-state index in [0.29, 0.717) is 31.3 Å². The van der Waals surface area contributed by atoms with Gasteiger partial charge in [0.1, 0.15) is 0 Å². The topological polar surface area (TPSA) is 143 Å². The lowest BCUT2D eigenvalue weighted by Gasteiger charge is -2.61. The first-order valence-corrected chi connectivity index (χ1v) is 22.5. The first-order chi connectivity index (χ1) is 28.7. The van der Waals surface area contributed by atoms with Crippen LogP contribution in [0.3, 0.4) is 0 Å². The van der Waals surface area contributed by atoms with Crippen molar-refractivity contribution in [3.8, 4) is 11.8 Å². The summed E-state index contributed by atoms with van der Waals surface area (Å²) in [6.07, 6.45) is 18.4. The molecular weight excluding hydrogens is 731 g/mol. The number of aliphatic hydroxyl groups excluding tert-OH is 1. The van der Waals surface area contributed by atoms with Crippen LogP contribution in [-0.2, 0) is 19.3 Å². The zero-order chi connectivity index (χ0) is 40.0. The minimum Gasteiger partial charge on any atom is -0.390 e. The van der Waals surface area contributed by atoms with E-state index in [2.05, 4.69) is 100.0 Å². The SMILES string of the molecule is NC(=NCCc1ccccc1)NC1C#CC2CC3(C=C(Cc4cc5ccccc5[nH]4)C24C2C=CCC5(O)C6CC(O)C(O)(C1)C6C4CCC25)CCC(Cc1ccc[nH]1)C3. The van der Waals surface area contributed by atoms with E-state index in [0.717, 1.165) is 56.9 Å². The second-order valence-electron chi connectivity index (χ2n) is 19.8. The van der Waals surface area contributed by atoms with Crippen molar-refractivity contribution in [1.29, 1.82) is 0 Å². The molecule has 4 saturated carbocycles. The van der Waals surface area contributed by atoms with Crippen molar-refractivity contribution in [1.82, 2.24) is 15.3 Å². The summed E-state index contributed by atoms with van der Waals surface area (Å²) in [4.78, 5) is 12.0. The van der Waals surface area contributed by atoms with Crippen LogP contribution in [0.15, 0.2) is 108 Å². The van der Waals surface area contributed by atoms with Crippen molar-refractivity contribution < 1.29 is 15.3 Å². The van der Waals surface area contributed by atoms with E-state index in [4.69, 9.17) is 10.7 Å². The Bertz CT molecular complexity index is 2340. The van der Waals surface area contributed by atoms with Crippen molar-refractivity contribution >= 4 is 16.9 Å². The monoisotopic (exact) mass is 789 g/mol. The molecule has 4 aromatic rings. The second kappa shape index (κ2) is 14.0. The number of nitrogens with one attached hydrogen (secondary N) is 3. The van der Waals surface area contributed by atoms with E-state index in [1.165, 1.54) is 34.3 Å². The maximum absolute atomic E-state index is 13.3. The van der Waals surface area contributed by atoms with Crippen molar-refractivity contribution in [2.75, 3.05) is 6.54 Å². The minimum absolute atomic E-state index is 0.0107. The van der Waals surface area contributed by atoms with E-state index in [1.54, 1.807) is 0 Å². The molecule has 13 unspecified atom stereocenters. The Kier molecular flexibility index (Phi) is 8.89. The summed E-state index contributed by atoms with van der Waals surface area (Å²) >= 11 is 0. The third-order valence-electron chi connectivity index (χ3n) is 16.9. The number of aliphatic imine (C=N–C) groups is 1. The number of fused-ring (bicyclic) bond motifs is 2. The summed E-state index contributed by atoms with van der Waals surface area (Å²) < 4.78 is 0. The van der Waals surface area contributed by atoms with Crippen molar-refractivity contribution in [2.45, 2.75) is 100 Å². The molecule has 2 spiro atoms. The Morgan fingerprint density at radius 1 is 0.898 bits per heavy atom. The van der Waals surface area contributed by atoms with Crippen LogP contribution < -0.4 is 11.1 Å². The molecular formula is C51H59N5O3. The molecule has 4 fully saturated rings. The fourth-order valence-electron chi connectivity index (χ4n) is 14.8. The molecule has 2 aromatic heterocycles. The predicted molar refractivity (Wildman–Crippen MR) is 232 cm³/mol. The average molecular weight is 790 g/mol. The standard InChI is InChI=1S/C51H59N5O3/c52-47(54-23-19-32-8-2-1-3-9-32)56-38-15-14-35-29-48(21-18-33(28-48)24-37-11-7-22-53-37)30-36(26-39-25-34-10-4-5-13-44(34)55-39)51(35)41-12-6-20-49(58)40(41)16-17-42(51)46-43(49)27-45(57)50(46,59)31-38/h1-13,22,25,30,33,35,38,40-43,45-46,53,55,57-59H,16-21,23-24,26-29,31H2,(H3,52,54,56). The number of aromatic amines is 2. The second-order valence-corrected chi connectivity index (χ2v) is 19.8. The Hall–Kier alpha value is -4.55. The number of hydrogen-bond donors (Lipinski definition) is 7. The quantitative estimate of drug-likeness (QED) is 0.0446. The summed E-state index contributed by atoms with van der Waals surface area (Å²) in [5, 5.41) is 43.4. The molecule has 11 rings (SSSR count). The van der Waals surface area contributed by atoms with Gasteiger partial charge in [0.05, 0.1) is 23.3 Å². The third kappa shape index (κ3) is 5.93. The molecule has 306 valence electrons. The van der Waals surface area contributed by atoms with Crippen LogP contribution in [0.2, 0.25) is 0 Å². The van der Waals surface area contributed by atoms with Crippen molar-refractivity contribution in [3.05, 3.63) is 120 Å². The van der Waals surface area contributed by atoms with Gasteiger partial charge in [-0.3, -0.25) is 4.99 Å². The highest BCUT2D eigenvalue weighted by Gasteiger charge is 2.75. The maximum atomic E-state index is 13.3. The number of guanidine groups is 1. The zero-order valence-electron chi connectivity index (χ0n) is 34.0. The van der Waals surface area contributed by atoms with Crippen molar-refractivity contribution in [3.63, 3.8) is 0 Å². The van der Waals surface area contributed by atoms with Crippen LogP contribution in [0.4, 0.5) is 0 Å². The molecule has 8 nitrogen and oxygen atoms in total. The lowest BCUT2D eigenvalue weighted by molar-refractivity contribution is -0.133. The summed E-state index contributed by atoms with van der Waals surface area (Å²) in [7, 11) is 0. The number of hydrogen-bond acceptors (Lipinski definition) is 4. The van der Waals surface area contributed by atoms with Crippen LogP contribution in [0.25, 0.3) is 10.9 Å². The van der Waals surface area contributed by atoms with E-state index in [1.807, 2.05) is 24.4 Å². The minimum atomic E-state index is -1.47. The van der Waals surface area contributed by atoms with Gasteiger partial charge >= 0.3 is 0 Å². The number of rotatable bonds is 8. The number of H-pyrrole nitrogens is 2. The molecule has 2 heterocycles. The van der Waals surface area contributed by atoms with Crippen LogP contribution in [0.1, 0.15) is 74.7 Å². The van der Waals surface area contributed by atoms with Crippen molar-refractivity contribution in [2.24, 2.45) is 63.0 Å². The van der Waals surface area contributed by atoms with Gasteiger partial charge in [0.2, 0.25) is 0 Å². The Labute approximate surface area is 347 Å². The molecule has 7 aliphatic rings. The molecule has 0 saturated heterocycles. The molecule has 6 bridgehead atoms. The van der Waals surface area contributed by atoms with Gasteiger partial charge in [-0.05, 0) is 140 Å². The molecule has 8 heteroatoms. The molecule has 7 aliphatic carbocycles.